The van der Waals surface area contributed by atoms with E-state index in [2.05, 4.69) is 50.0 Å². The van der Waals surface area contributed by atoms with Gasteiger partial charge in [-0.1, -0.05) is 57.9 Å². The Kier molecular flexibility index (Phi) is 4.07. The molecule has 110 valence electrons. The second kappa shape index (κ2) is 5.47. The van der Waals surface area contributed by atoms with E-state index in [0.29, 0.717) is 6.54 Å². The third kappa shape index (κ3) is 3.14. The second-order valence-corrected chi connectivity index (χ2v) is 7.06. The van der Waals surface area contributed by atoms with Gasteiger partial charge in [0.05, 0.1) is 6.54 Å². The van der Waals surface area contributed by atoms with Crippen LogP contribution in [0, 0.1) is 0 Å². The molecule has 3 nitrogen and oxygen atoms in total. The van der Waals surface area contributed by atoms with Crippen LogP contribution >= 0.6 is 0 Å². The van der Waals surface area contributed by atoms with Crippen LogP contribution in [-0.4, -0.2) is 12.5 Å². The molecule has 2 rings (SSSR count). The first-order valence-electron chi connectivity index (χ1n) is 7.50. The minimum Gasteiger partial charge on any atom is -0.370 e. The third-order valence-electron chi connectivity index (χ3n) is 4.49. The number of hydrogen-bond donors (Lipinski definition) is 2. The number of benzene rings is 1. The van der Waals surface area contributed by atoms with Gasteiger partial charge in [-0.05, 0) is 29.4 Å². The van der Waals surface area contributed by atoms with Gasteiger partial charge in [-0.2, -0.15) is 0 Å². The highest BCUT2D eigenvalue weighted by atomic mass is 15.0. The van der Waals surface area contributed by atoms with E-state index < -0.39 is 0 Å². The van der Waals surface area contributed by atoms with Crippen LogP contribution in [-0.2, 0) is 10.8 Å². The SMILES string of the molecule is CC(C)(C)c1ccc(C2(CN=C(N)N)CCCC2)cc1. The van der Waals surface area contributed by atoms with Crippen molar-refractivity contribution >= 4 is 5.96 Å². The number of rotatable bonds is 3. The summed E-state index contributed by atoms with van der Waals surface area (Å²) in [7, 11) is 0. The van der Waals surface area contributed by atoms with Crippen molar-refractivity contribution in [2.45, 2.75) is 57.3 Å². The molecule has 1 aromatic rings. The van der Waals surface area contributed by atoms with Gasteiger partial charge >= 0.3 is 0 Å². The van der Waals surface area contributed by atoms with Gasteiger partial charge in [0.25, 0.3) is 0 Å². The molecule has 1 aliphatic rings. The van der Waals surface area contributed by atoms with Crippen molar-refractivity contribution in [2.24, 2.45) is 16.5 Å². The summed E-state index contributed by atoms with van der Waals surface area (Å²) in [4.78, 5) is 4.30. The van der Waals surface area contributed by atoms with E-state index in [4.69, 9.17) is 11.5 Å². The fraction of sp³-hybridized carbons (Fsp3) is 0.588. The van der Waals surface area contributed by atoms with Crippen LogP contribution in [0.2, 0.25) is 0 Å². The Morgan fingerprint density at radius 1 is 1.10 bits per heavy atom. The lowest BCUT2D eigenvalue weighted by Gasteiger charge is -2.29. The minimum atomic E-state index is 0.139. The van der Waals surface area contributed by atoms with E-state index in [1.807, 2.05) is 0 Å². The van der Waals surface area contributed by atoms with E-state index in [1.54, 1.807) is 0 Å². The molecule has 1 aromatic carbocycles. The molecule has 1 aliphatic carbocycles. The van der Waals surface area contributed by atoms with Crippen LogP contribution in [0.1, 0.15) is 57.6 Å². The van der Waals surface area contributed by atoms with Gasteiger partial charge in [0.1, 0.15) is 0 Å². The van der Waals surface area contributed by atoms with Gasteiger partial charge in [0.15, 0.2) is 5.96 Å². The molecule has 1 fully saturated rings. The van der Waals surface area contributed by atoms with Crippen molar-refractivity contribution in [3.05, 3.63) is 35.4 Å². The molecule has 0 atom stereocenters. The van der Waals surface area contributed by atoms with Crippen molar-refractivity contribution in [1.82, 2.24) is 0 Å². The number of nitrogens with two attached hydrogens (primary N) is 2. The second-order valence-electron chi connectivity index (χ2n) is 7.06. The van der Waals surface area contributed by atoms with Gasteiger partial charge in [-0.15, -0.1) is 0 Å². The predicted octanol–water partition coefficient (Wildman–Crippen LogP) is 3.07. The average molecular weight is 273 g/mol. The number of nitrogens with zero attached hydrogens (tertiary/aromatic N) is 1. The molecule has 3 heteroatoms. The molecule has 0 aliphatic heterocycles. The van der Waals surface area contributed by atoms with Gasteiger partial charge < -0.3 is 11.5 Å². The van der Waals surface area contributed by atoms with Crippen molar-refractivity contribution in [3.8, 4) is 0 Å². The summed E-state index contributed by atoms with van der Waals surface area (Å²) in [6.45, 7) is 7.44. The Labute approximate surface area is 122 Å². The first-order chi connectivity index (χ1) is 9.33. The Bertz CT molecular complexity index is 470. The van der Waals surface area contributed by atoms with Gasteiger partial charge in [0, 0.05) is 5.41 Å². The lowest BCUT2D eigenvalue weighted by atomic mass is 9.77. The molecular formula is C17H27N3. The van der Waals surface area contributed by atoms with Crippen LogP contribution in [0.4, 0.5) is 0 Å². The first kappa shape index (κ1) is 14.9. The predicted molar refractivity (Wildman–Crippen MR) is 86.0 cm³/mol. The summed E-state index contributed by atoms with van der Waals surface area (Å²) in [5.41, 5.74) is 14.1. The summed E-state index contributed by atoms with van der Waals surface area (Å²) in [5, 5.41) is 0. The van der Waals surface area contributed by atoms with Crippen molar-refractivity contribution in [2.75, 3.05) is 6.54 Å². The summed E-state index contributed by atoms with van der Waals surface area (Å²) >= 11 is 0. The van der Waals surface area contributed by atoms with E-state index in [-0.39, 0.29) is 16.8 Å². The minimum absolute atomic E-state index is 0.139. The summed E-state index contributed by atoms with van der Waals surface area (Å²) in [5.74, 6) is 0.197. The van der Waals surface area contributed by atoms with Crippen LogP contribution in [0.25, 0.3) is 0 Å². The summed E-state index contributed by atoms with van der Waals surface area (Å²) in [6, 6.07) is 9.05. The van der Waals surface area contributed by atoms with Gasteiger partial charge in [-0.25, -0.2) is 0 Å². The molecule has 0 unspecified atom stereocenters. The first-order valence-corrected chi connectivity index (χ1v) is 7.50. The maximum Gasteiger partial charge on any atom is 0.185 e. The molecule has 4 N–H and O–H groups in total. The highest BCUT2D eigenvalue weighted by Crippen LogP contribution is 2.41. The molecule has 0 amide bonds. The van der Waals surface area contributed by atoms with Crippen LogP contribution in [0.3, 0.4) is 0 Å². The third-order valence-corrected chi connectivity index (χ3v) is 4.49. The lowest BCUT2D eigenvalue weighted by molar-refractivity contribution is 0.453. The van der Waals surface area contributed by atoms with Crippen LogP contribution in [0.15, 0.2) is 29.3 Å². The molecular weight excluding hydrogens is 246 g/mol. The zero-order chi connectivity index (χ0) is 14.8. The Balaban J connectivity index is 2.28. The maximum absolute atomic E-state index is 5.52. The van der Waals surface area contributed by atoms with Gasteiger partial charge in [-0.3, -0.25) is 4.99 Å². The summed E-state index contributed by atoms with van der Waals surface area (Å²) < 4.78 is 0. The molecule has 0 aromatic heterocycles. The lowest BCUT2D eigenvalue weighted by Crippen LogP contribution is -2.30. The number of aliphatic imine (C=N–C) groups is 1. The van der Waals surface area contributed by atoms with Crippen LogP contribution in [0.5, 0.6) is 0 Å². The quantitative estimate of drug-likeness (QED) is 0.656. The fourth-order valence-corrected chi connectivity index (χ4v) is 3.16. The monoisotopic (exact) mass is 273 g/mol. The average Bonchev–Trinajstić information content (AvgIpc) is 2.85. The normalized spacial score (nSPS) is 17.9. The summed E-state index contributed by atoms with van der Waals surface area (Å²) in [6.07, 6.45) is 4.89. The number of hydrogen-bond acceptors (Lipinski definition) is 1. The standard InChI is InChI=1S/C17H27N3/c1-16(2,3)13-6-8-14(9-7-13)17(10-4-5-11-17)12-20-15(18)19/h6-9H,4-5,10-12H2,1-3H3,(H4,18,19,20). The fourth-order valence-electron chi connectivity index (χ4n) is 3.16. The molecule has 20 heavy (non-hydrogen) atoms. The highest BCUT2D eigenvalue weighted by Gasteiger charge is 2.35. The largest absolute Gasteiger partial charge is 0.370 e. The van der Waals surface area contributed by atoms with E-state index in [9.17, 15) is 0 Å². The van der Waals surface area contributed by atoms with Crippen molar-refractivity contribution in [1.29, 1.82) is 0 Å². The molecule has 0 bridgehead atoms. The maximum atomic E-state index is 5.52. The van der Waals surface area contributed by atoms with Crippen molar-refractivity contribution < 1.29 is 0 Å². The zero-order valence-electron chi connectivity index (χ0n) is 12.9. The topological polar surface area (TPSA) is 64.4 Å². The molecule has 0 spiro atoms. The van der Waals surface area contributed by atoms with Gasteiger partial charge in [0.2, 0.25) is 0 Å². The van der Waals surface area contributed by atoms with E-state index in [1.165, 1.54) is 36.8 Å². The molecule has 0 heterocycles. The van der Waals surface area contributed by atoms with E-state index in [0.717, 1.165) is 0 Å². The Morgan fingerprint density at radius 2 is 1.65 bits per heavy atom. The smallest absolute Gasteiger partial charge is 0.185 e. The number of guanidine groups is 1. The molecule has 0 radical (unpaired) electrons. The Morgan fingerprint density at radius 3 is 2.10 bits per heavy atom. The van der Waals surface area contributed by atoms with Crippen LogP contribution < -0.4 is 11.5 Å². The Hall–Kier alpha value is -1.51. The zero-order valence-corrected chi connectivity index (χ0v) is 12.9. The van der Waals surface area contributed by atoms with E-state index >= 15 is 0 Å². The highest BCUT2D eigenvalue weighted by molar-refractivity contribution is 5.75. The van der Waals surface area contributed by atoms with Crippen molar-refractivity contribution in [3.63, 3.8) is 0 Å². The molecule has 0 saturated heterocycles. The molecule has 1 saturated carbocycles.